The number of alkyl halides is 13. The minimum Gasteiger partial charge on any atom is -0.743 e. The van der Waals surface area contributed by atoms with Gasteiger partial charge >= 0.3 is 54.0 Å². The van der Waals surface area contributed by atoms with Crippen LogP contribution in [0.4, 0.5) is 57.1 Å². The Morgan fingerprint density at radius 1 is 0.567 bits per heavy atom. The van der Waals surface area contributed by atoms with Gasteiger partial charge in [0.2, 0.25) is 0 Å². The van der Waals surface area contributed by atoms with Gasteiger partial charge in [0.25, 0.3) is 0 Å². The fourth-order valence-corrected chi connectivity index (χ4v) is 2.39. The predicted octanol–water partition coefficient (Wildman–Crippen LogP) is 2.57. The van der Waals surface area contributed by atoms with Gasteiger partial charge in [-0.1, -0.05) is 12.8 Å². The fourth-order valence-electron chi connectivity index (χ4n) is 1.95. The molecule has 30 heavy (non-hydrogen) atoms. The molecule has 0 bridgehead atoms. The van der Waals surface area contributed by atoms with E-state index >= 15 is 0 Å². The van der Waals surface area contributed by atoms with E-state index < -0.39 is 83.8 Å². The number of halogens is 13. The Morgan fingerprint density at radius 3 is 1.27 bits per heavy atom. The van der Waals surface area contributed by atoms with Crippen molar-refractivity contribution in [3.05, 3.63) is 0 Å². The molecule has 0 amide bonds. The van der Waals surface area contributed by atoms with Crippen molar-refractivity contribution in [1.29, 1.82) is 0 Å². The first-order valence-electron chi connectivity index (χ1n) is 7.37. The van der Waals surface area contributed by atoms with Gasteiger partial charge in [0, 0.05) is 12.8 Å². The predicted molar refractivity (Wildman–Crippen MR) is 68.2 cm³/mol. The van der Waals surface area contributed by atoms with Gasteiger partial charge < -0.3 is 4.55 Å². The Bertz CT molecular complexity index is 661. The van der Waals surface area contributed by atoms with Crippen LogP contribution in [0.15, 0.2) is 0 Å². The standard InChI is InChI=1S/C12H13F13O3S.Li/c13-7(14,5-3-1-2-4-6-8(15,16)17)9(18,19)10(20,21)11(22,23)12(24,25)29(26,27)28;/h1-6H2,(H,26,27,28);/q;+1/p-1. The van der Waals surface area contributed by atoms with Crippen LogP contribution in [0, 0.1) is 0 Å². The smallest absolute Gasteiger partial charge is 0.743 e. The van der Waals surface area contributed by atoms with E-state index in [2.05, 4.69) is 0 Å². The molecule has 0 heterocycles. The molecule has 0 spiro atoms. The maximum Gasteiger partial charge on any atom is 1.00 e. The second-order valence-electron chi connectivity index (χ2n) is 5.93. The van der Waals surface area contributed by atoms with Crippen molar-refractivity contribution in [2.75, 3.05) is 0 Å². The van der Waals surface area contributed by atoms with Crippen LogP contribution < -0.4 is 18.9 Å². The normalized spacial score (nSPS) is 15.1. The number of rotatable bonds is 11. The summed E-state index contributed by atoms with van der Waals surface area (Å²) >= 11 is 0. The molecule has 0 aromatic carbocycles. The van der Waals surface area contributed by atoms with Crippen LogP contribution in [0.25, 0.3) is 0 Å². The summed E-state index contributed by atoms with van der Waals surface area (Å²) in [7, 11) is -7.67. The molecular formula is C12H12F13LiO3S. The zero-order chi connectivity index (χ0) is 23.7. The summed E-state index contributed by atoms with van der Waals surface area (Å²) in [5, 5.41) is -7.36. The summed E-state index contributed by atoms with van der Waals surface area (Å²) in [5.74, 6) is -28.8. The maximum absolute atomic E-state index is 13.4. The molecule has 0 atom stereocenters. The van der Waals surface area contributed by atoms with Crippen LogP contribution in [-0.4, -0.2) is 48.1 Å². The molecule has 0 saturated heterocycles. The van der Waals surface area contributed by atoms with E-state index in [1.807, 2.05) is 0 Å². The first-order valence-corrected chi connectivity index (χ1v) is 8.78. The second-order valence-corrected chi connectivity index (χ2v) is 7.35. The van der Waals surface area contributed by atoms with Crippen LogP contribution in [0.5, 0.6) is 0 Å². The van der Waals surface area contributed by atoms with Gasteiger partial charge in [0.15, 0.2) is 10.1 Å². The number of hydrogen-bond acceptors (Lipinski definition) is 3. The molecule has 0 unspecified atom stereocenters. The molecule has 0 rings (SSSR count). The van der Waals surface area contributed by atoms with Crippen molar-refractivity contribution in [2.24, 2.45) is 0 Å². The van der Waals surface area contributed by atoms with Crippen LogP contribution in [0.3, 0.4) is 0 Å². The number of hydrogen-bond donors (Lipinski definition) is 0. The minimum absolute atomic E-state index is 0. The molecule has 0 fully saturated rings. The van der Waals surface area contributed by atoms with Crippen LogP contribution >= 0.6 is 0 Å². The van der Waals surface area contributed by atoms with Gasteiger partial charge in [-0.2, -0.15) is 57.1 Å². The molecule has 0 saturated carbocycles. The second kappa shape index (κ2) is 9.61. The Hall–Kier alpha value is -0.403. The molecule has 18 heteroatoms. The largest absolute Gasteiger partial charge is 1.00 e. The average Bonchev–Trinajstić information content (AvgIpc) is 2.47. The fraction of sp³-hybridized carbons (Fsp3) is 1.00. The maximum atomic E-state index is 13.4. The van der Waals surface area contributed by atoms with E-state index in [0.29, 0.717) is 0 Å². The third kappa shape index (κ3) is 6.32. The van der Waals surface area contributed by atoms with Crippen molar-refractivity contribution in [3.8, 4) is 0 Å². The van der Waals surface area contributed by atoms with Crippen LogP contribution in [0.1, 0.15) is 38.5 Å². The monoisotopic (exact) mass is 490 g/mol. The van der Waals surface area contributed by atoms with Crippen molar-refractivity contribution in [1.82, 2.24) is 0 Å². The van der Waals surface area contributed by atoms with Crippen LogP contribution in [-0.2, 0) is 10.1 Å². The first kappa shape index (κ1) is 31.8. The van der Waals surface area contributed by atoms with E-state index in [1.165, 1.54) is 0 Å². The quantitative estimate of drug-likeness (QED) is 0.194. The van der Waals surface area contributed by atoms with Gasteiger partial charge in [-0.15, -0.1) is 0 Å². The van der Waals surface area contributed by atoms with Gasteiger partial charge in [0.05, 0.1) is 0 Å². The van der Waals surface area contributed by atoms with E-state index in [1.54, 1.807) is 0 Å². The van der Waals surface area contributed by atoms with E-state index in [4.69, 9.17) is 0 Å². The molecule has 176 valence electrons. The van der Waals surface area contributed by atoms with Crippen molar-refractivity contribution >= 4 is 10.1 Å². The molecule has 3 nitrogen and oxygen atoms in total. The molecule has 0 aliphatic heterocycles. The molecule has 0 aliphatic rings. The summed E-state index contributed by atoms with van der Waals surface area (Å²) in [4.78, 5) is 0. The SMILES string of the molecule is O=S(=O)([O-])C(F)(F)C(F)(F)C(F)(F)C(F)(F)C(F)(F)CCCCCCC(F)(F)F.[Li+]. The zero-order valence-corrected chi connectivity index (χ0v) is 15.6. The third-order valence-electron chi connectivity index (χ3n) is 3.63. The van der Waals surface area contributed by atoms with Crippen molar-refractivity contribution in [2.45, 2.75) is 73.6 Å². The number of unbranched alkanes of at least 4 members (excludes halogenated alkanes) is 3. The van der Waals surface area contributed by atoms with Crippen molar-refractivity contribution in [3.63, 3.8) is 0 Å². The Morgan fingerprint density at radius 2 is 0.933 bits per heavy atom. The molecular weight excluding hydrogens is 478 g/mol. The van der Waals surface area contributed by atoms with Gasteiger partial charge in [0.1, 0.15) is 0 Å². The van der Waals surface area contributed by atoms with Gasteiger partial charge in [-0.3, -0.25) is 0 Å². The first-order chi connectivity index (χ1) is 12.5. The minimum atomic E-state index is -7.72. The molecule has 0 aromatic heterocycles. The summed E-state index contributed by atoms with van der Waals surface area (Å²) in [6.07, 6.45) is -11.3. The summed E-state index contributed by atoms with van der Waals surface area (Å²) < 4.78 is 197. The third-order valence-corrected chi connectivity index (χ3v) is 4.51. The van der Waals surface area contributed by atoms with E-state index in [-0.39, 0.29) is 18.9 Å². The Labute approximate surface area is 173 Å². The van der Waals surface area contributed by atoms with Gasteiger partial charge in [-0.05, 0) is 12.8 Å². The molecule has 0 aliphatic carbocycles. The summed E-state index contributed by atoms with van der Waals surface area (Å²) in [6, 6.07) is 0. The molecule has 0 radical (unpaired) electrons. The van der Waals surface area contributed by atoms with E-state index in [9.17, 15) is 70.0 Å². The van der Waals surface area contributed by atoms with Gasteiger partial charge in [-0.25, -0.2) is 8.42 Å². The zero-order valence-electron chi connectivity index (χ0n) is 14.8. The topological polar surface area (TPSA) is 57.2 Å². The Kier molecular flexibility index (Phi) is 10.2. The summed E-state index contributed by atoms with van der Waals surface area (Å²) in [5.41, 5.74) is 0. The molecule has 0 N–H and O–H groups in total. The van der Waals surface area contributed by atoms with E-state index in [0.717, 1.165) is 0 Å². The molecule has 0 aromatic rings. The van der Waals surface area contributed by atoms with Crippen LogP contribution in [0.2, 0.25) is 0 Å². The Balaban J connectivity index is 0. The van der Waals surface area contributed by atoms with Crippen molar-refractivity contribution < 1.29 is 88.9 Å². The average molecular weight is 490 g/mol. The summed E-state index contributed by atoms with van der Waals surface area (Å²) in [6.45, 7) is 0.